The summed E-state index contributed by atoms with van der Waals surface area (Å²) in [6.07, 6.45) is -1.43. The zero-order chi connectivity index (χ0) is 14.1. The van der Waals surface area contributed by atoms with Gasteiger partial charge in [-0.3, -0.25) is 4.79 Å². The van der Waals surface area contributed by atoms with Gasteiger partial charge in [0.2, 0.25) is 6.23 Å². The third-order valence-electron chi connectivity index (χ3n) is 3.03. The molecule has 0 spiro atoms. The molecule has 108 valence electrons. The van der Waals surface area contributed by atoms with Crippen LogP contribution in [-0.2, 0) is 4.79 Å². The van der Waals surface area contributed by atoms with Crippen LogP contribution in [0.5, 0.6) is 0 Å². The van der Waals surface area contributed by atoms with E-state index in [1.54, 1.807) is 18.2 Å². The Morgan fingerprint density at radius 1 is 1.14 bits per heavy atom. The van der Waals surface area contributed by atoms with Crippen molar-refractivity contribution < 1.29 is 9.90 Å². The Labute approximate surface area is 132 Å². The highest BCUT2D eigenvalue weighted by Crippen LogP contribution is 2.26. The summed E-state index contributed by atoms with van der Waals surface area (Å²) in [6.45, 7) is 0. The number of anilines is 1. The number of aliphatic imine (C=N–C) groups is 1. The number of nitrogens with zero attached hydrogens (tertiary/aromatic N) is 1. The van der Waals surface area contributed by atoms with E-state index in [4.69, 9.17) is 11.6 Å². The number of benzene rings is 2. The Kier molecular flexibility index (Phi) is 4.63. The molecule has 0 saturated heterocycles. The number of aliphatic hydroxyl groups is 1. The summed E-state index contributed by atoms with van der Waals surface area (Å²) in [6, 6.07) is 14.5. The van der Waals surface area contributed by atoms with E-state index in [0.717, 1.165) is 5.56 Å². The van der Waals surface area contributed by atoms with E-state index in [9.17, 15) is 9.90 Å². The molecule has 0 aromatic heterocycles. The van der Waals surface area contributed by atoms with Crippen molar-refractivity contribution >= 4 is 41.3 Å². The largest absolute Gasteiger partial charge is 0.364 e. The first-order valence-electron chi connectivity index (χ1n) is 6.07. The third kappa shape index (κ3) is 3.08. The number of hydrogen-bond acceptors (Lipinski definition) is 3. The molecular formula is C15H12Cl2N2O2. The summed E-state index contributed by atoms with van der Waals surface area (Å²) in [5, 5.41) is 13.0. The van der Waals surface area contributed by atoms with Crippen molar-refractivity contribution in [1.29, 1.82) is 0 Å². The molecule has 0 aliphatic carbocycles. The molecule has 2 aromatic carbocycles. The van der Waals surface area contributed by atoms with Gasteiger partial charge in [0.05, 0.1) is 11.4 Å². The molecule has 1 aliphatic heterocycles. The van der Waals surface area contributed by atoms with Crippen molar-refractivity contribution in [3.05, 3.63) is 64.7 Å². The number of nitrogens with one attached hydrogen (secondary N) is 1. The summed E-state index contributed by atoms with van der Waals surface area (Å²) in [7, 11) is 0. The zero-order valence-electron chi connectivity index (χ0n) is 10.8. The van der Waals surface area contributed by atoms with Gasteiger partial charge in [-0.1, -0.05) is 41.9 Å². The average Bonchev–Trinajstić information content (AvgIpc) is 2.58. The van der Waals surface area contributed by atoms with Gasteiger partial charge >= 0.3 is 0 Å². The lowest BCUT2D eigenvalue weighted by molar-refractivity contribution is -0.123. The summed E-state index contributed by atoms with van der Waals surface area (Å²) < 4.78 is 0. The molecule has 3 rings (SSSR count). The van der Waals surface area contributed by atoms with Gasteiger partial charge in [-0.15, -0.1) is 12.4 Å². The number of carbonyl (C=O) groups excluding carboxylic acids is 1. The first kappa shape index (κ1) is 15.5. The van der Waals surface area contributed by atoms with Crippen LogP contribution in [0.1, 0.15) is 11.1 Å². The van der Waals surface area contributed by atoms with Gasteiger partial charge in [-0.2, -0.15) is 0 Å². The van der Waals surface area contributed by atoms with Gasteiger partial charge < -0.3 is 10.4 Å². The van der Waals surface area contributed by atoms with E-state index in [-0.39, 0.29) is 12.4 Å². The molecule has 1 unspecified atom stereocenters. The number of halogens is 2. The minimum absolute atomic E-state index is 0. The van der Waals surface area contributed by atoms with Crippen molar-refractivity contribution in [3.8, 4) is 0 Å². The van der Waals surface area contributed by atoms with E-state index in [1.807, 2.05) is 30.3 Å². The fourth-order valence-corrected chi connectivity index (χ4v) is 2.27. The average molecular weight is 323 g/mol. The molecule has 21 heavy (non-hydrogen) atoms. The predicted octanol–water partition coefficient (Wildman–Crippen LogP) is 2.87. The molecule has 2 aromatic rings. The number of aliphatic hydroxyl groups excluding tert-OH is 1. The topological polar surface area (TPSA) is 61.7 Å². The van der Waals surface area contributed by atoms with Crippen LogP contribution in [0, 0.1) is 0 Å². The normalized spacial score (nSPS) is 17.0. The van der Waals surface area contributed by atoms with Crippen LogP contribution in [0.2, 0.25) is 5.02 Å². The Morgan fingerprint density at radius 2 is 1.86 bits per heavy atom. The molecular weight excluding hydrogens is 311 g/mol. The number of amides is 1. The molecule has 0 saturated carbocycles. The van der Waals surface area contributed by atoms with Gasteiger partial charge in [0.15, 0.2) is 0 Å². The van der Waals surface area contributed by atoms with E-state index >= 15 is 0 Å². The molecule has 2 N–H and O–H groups in total. The summed E-state index contributed by atoms with van der Waals surface area (Å²) in [4.78, 5) is 15.8. The number of hydrogen-bond donors (Lipinski definition) is 2. The molecule has 1 atom stereocenters. The molecule has 0 bridgehead atoms. The summed E-state index contributed by atoms with van der Waals surface area (Å²) >= 11 is 6.03. The van der Waals surface area contributed by atoms with Crippen LogP contribution in [0.3, 0.4) is 0 Å². The van der Waals surface area contributed by atoms with Crippen LogP contribution in [0.15, 0.2) is 53.5 Å². The van der Waals surface area contributed by atoms with Crippen molar-refractivity contribution in [3.63, 3.8) is 0 Å². The highest BCUT2D eigenvalue weighted by atomic mass is 35.5. The lowest BCUT2D eigenvalue weighted by Crippen LogP contribution is -2.24. The Balaban J connectivity index is 0.00000161. The van der Waals surface area contributed by atoms with Crippen molar-refractivity contribution in [1.82, 2.24) is 0 Å². The smallest absolute Gasteiger partial charge is 0.276 e. The van der Waals surface area contributed by atoms with Crippen molar-refractivity contribution in [2.24, 2.45) is 4.99 Å². The van der Waals surface area contributed by atoms with E-state index in [1.165, 1.54) is 0 Å². The second-order valence-corrected chi connectivity index (χ2v) is 4.83. The quantitative estimate of drug-likeness (QED) is 0.848. The SMILES string of the molecule is Cl.O=C1Nc2ccc(Cl)cc2C(c2ccccc2)=NC1O. The highest BCUT2D eigenvalue weighted by Gasteiger charge is 2.23. The van der Waals surface area contributed by atoms with Crippen LogP contribution >= 0.6 is 24.0 Å². The summed E-state index contributed by atoms with van der Waals surface area (Å²) in [5.74, 6) is -0.556. The molecule has 1 heterocycles. The molecule has 0 radical (unpaired) electrons. The predicted molar refractivity (Wildman–Crippen MR) is 85.4 cm³/mol. The molecule has 1 amide bonds. The van der Waals surface area contributed by atoms with Crippen LogP contribution in [-0.4, -0.2) is 23.0 Å². The zero-order valence-corrected chi connectivity index (χ0v) is 12.4. The Morgan fingerprint density at radius 3 is 2.57 bits per heavy atom. The maximum absolute atomic E-state index is 11.7. The molecule has 0 fully saturated rings. The van der Waals surface area contributed by atoms with E-state index < -0.39 is 12.1 Å². The van der Waals surface area contributed by atoms with E-state index in [2.05, 4.69) is 10.3 Å². The monoisotopic (exact) mass is 322 g/mol. The minimum Gasteiger partial charge on any atom is -0.364 e. The minimum atomic E-state index is -1.43. The molecule has 4 nitrogen and oxygen atoms in total. The highest BCUT2D eigenvalue weighted by molar-refractivity contribution is 6.32. The number of fused-ring (bicyclic) bond motifs is 1. The first-order chi connectivity index (χ1) is 9.65. The number of benzodiazepines with no additional fused rings is 1. The van der Waals surface area contributed by atoms with Crippen molar-refractivity contribution in [2.45, 2.75) is 6.23 Å². The number of rotatable bonds is 1. The Bertz CT molecular complexity index is 702. The number of carbonyl (C=O) groups is 1. The second kappa shape index (κ2) is 6.26. The van der Waals surface area contributed by atoms with E-state index in [0.29, 0.717) is 22.0 Å². The van der Waals surface area contributed by atoms with Crippen LogP contribution < -0.4 is 5.32 Å². The maximum Gasteiger partial charge on any atom is 0.276 e. The lowest BCUT2D eigenvalue weighted by Gasteiger charge is -2.10. The van der Waals surface area contributed by atoms with Crippen molar-refractivity contribution in [2.75, 3.05) is 5.32 Å². The molecule has 1 aliphatic rings. The van der Waals surface area contributed by atoms with Gasteiger partial charge in [-0.05, 0) is 18.2 Å². The Hall–Kier alpha value is -1.88. The fraction of sp³-hybridized carbons (Fsp3) is 0.0667. The first-order valence-corrected chi connectivity index (χ1v) is 6.45. The summed E-state index contributed by atoms with van der Waals surface area (Å²) in [5.41, 5.74) is 2.62. The van der Waals surface area contributed by atoms with Crippen LogP contribution in [0.4, 0.5) is 5.69 Å². The standard InChI is InChI=1S/C15H11ClN2O2.ClH/c16-10-6-7-12-11(8-10)13(9-4-2-1-3-5-9)18-15(20)14(19)17-12;/h1-8,15,20H,(H,17,19);1H. The maximum atomic E-state index is 11.7. The van der Waals surface area contributed by atoms with Gasteiger partial charge in [0.1, 0.15) is 0 Å². The fourth-order valence-electron chi connectivity index (χ4n) is 2.10. The lowest BCUT2D eigenvalue weighted by atomic mass is 10.0. The second-order valence-electron chi connectivity index (χ2n) is 4.40. The van der Waals surface area contributed by atoms with Crippen LogP contribution in [0.25, 0.3) is 0 Å². The third-order valence-corrected chi connectivity index (χ3v) is 3.26. The molecule has 6 heteroatoms. The van der Waals surface area contributed by atoms with Gasteiger partial charge in [0, 0.05) is 16.1 Å². The van der Waals surface area contributed by atoms with Gasteiger partial charge in [-0.25, -0.2) is 4.99 Å². The van der Waals surface area contributed by atoms with Gasteiger partial charge in [0.25, 0.3) is 5.91 Å².